The minimum absolute atomic E-state index is 0.0473. The zero-order valence-corrected chi connectivity index (χ0v) is 14.1. The zero-order chi connectivity index (χ0) is 15.3. The van der Waals surface area contributed by atoms with Crippen LogP contribution in [-0.4, -0.2) is 11.2 Å². The first kappa shape index (κ1) is 16.1. The van der Waals surface area contributed by atoms with Crippen molar-refractivity contribution in [1.29, 1.82) is 0 Å². The van der Waals surface area contributed by atoms with Gasteiger partial charge in [0.05, 0.1) is 12.0 Å². The Kier molecular flexibility index (Phi) is 5.43. The summed E-state index contributed by atoms with van der Waals surface area (Å²) in [5, 5.41) is 4.35. The lowest BCUT2D eigenvalue weighted by Crippen LogP contribution is -2.45. The Bertz CT molecular complexity index is 617. The molecular weight excluding hydrogens is 350 g/mol. The molecule has 0 fully saturated rings. The maximum absolute atomic E-state index is 12.3. The van der Waals surface area contributed by atoms with E-state index in [0.29, 0.717) is 10.4 Å². The molecule has 4 heteroatoms. The lowest BCUT2D eigenvalue weighted by Gasteiger charge is -2.29. The molecule has 2 aromatic rings. The number of carbonyl (C=O) groups excluding carboxylic acids is 1. The Labute approximate surface area is 138 Å². The van der Waals surface area contributed by atoms with E-state index < -0.39 is 5.54 Å². The van der Waals surface area contributed by atoms with Crippen LogP contribution in [0.4, 0.5) is 0 Å². The van der Waals surface area contributed by atoms with E-state index in [4.69, 9.17) is 11.6 Å². The van der Waals surface area contributed by atoms with Crippen molar-refractivity contribution < 1.29 is 4.79 Å². The molecule has 110 valence electrons. The third kappa shape index (κ3) is 4.08. The number of alkyl halides is 1. The molecule has 21 heavy (non-hydrogen) atoms. The van der Waals surface area contributed by atoms with Gasteiger partial charge in [-0.2, -0.15) is 0 Å². The van der Waals surface area contributed by atoms with Gasteiger partial charge in [-0.25, -0.2) is 0 Å². The Morgan fingerprint density at radius 2 is 1.76 bits per heavy atom. The highest BCUT2D eigenvalue weighted by molar-refractivity contribution is 9.09. The molecule has 0 aromatic heterocycles. The first-order valence-corrected chi connectivity index (χ1v) is 8.21. The van der Waals surface area contributed by atoms with Crippen molar-refractivity contribution in [2.75, 3.05) is 5.33 Å². The Balaban J connectivity index is 2.12. The summed E-state index contributed by atoms with van der Waals surface area (Å²) in [6.07, 6.45) is 0.273. The highest BCUT2D eigenvalue weighted by Crippen LogP contribution is 2.23. The SMILES string of the molecule is CC(CBr)(NC(=O)Cc1ccccc1Cl)c1ccccc1. The van der Waals surface area contributed by atoms with Crippen molar-refractivity contribution in [3.63, 3.8) is 0 Å². The monoisotopic (exact) mass is 365 g/mol. The van der Waals surface area contributed by atoms with Crippen LogP contribution in [0.5, 0.6) is 0 Å². The van der Waals surface area contributed by atoms with Gasteiger partial charge in [0.1, 0.15) is 0 Å². The maximum atomic E-state index is 12.3. The lowest BCUT2D eigenvalue weighted by atomic mass is 9.94. The van der Waals surface area contributed by atoms with Gasteiger partial charge in [0.15, 0.2) is 0 Å². The third-order valence-corrected chi connectivity index (χ3v) is 4.89. The first-order valence-electron chi connectivity index (χ1n) is 6.71. The Morgan fingerprint density at radius 3 is 2.38 bits per heavy atom. The molecule has 1 amide bonds. The number of rotatable bonds is 5. The highest BCUT2D eigenvalue weighted by atomic mass is 79.9. The van der Waals surface area contributed by atoms with E-state index in [2.05, 4.69) is 21.2 Å². The quantitative estimate of drug-likeness (QED) is 0.785. The van der Waals surface area contributed by atoms with Crippen LogP contribution < -0.4 is 5.32 Å². The molecular formula is C17H17BrClNO. The fourth-order valence-electron chi connectivity index (χ4n) is 2.16. The van der Waals surface area contributed by atoms with Crippen molar-refractivity contribution in [2.45, 2.75) is 18.9 Å². The fourth-order valence-corrected chi connectivity index (χ4v) is 2.82. The normalized spacial score (nSPS) is 13.5. The zero-order valence-electron chi connectivity index (χ0n) is 11.8. The summed E-state index contributed by atoms with van der Waals surface area (Å²) in [6.45, 7) is 2.00. The van der Waals surface area contributed by atoms with Crippen LogP contribution in [0.2, 0.25) is 5.02 Å². The molecule has 2 nitrogen and oxygen atoms in total. The summed E-state index contributed by atoms with van der Waals surface area (Å²) in [6, 6.07) is 17.3. The largest absolute Gasteiger partial charge is 0.346 e. The maximum Gasteiger partial charge on any atom is 0.225 e. The van der Waals surface area contributed by atoms with E-state index in [1.807, 2.05) is 55.5 Å². The molecule has 1 atom stereocenters. The number of benzene rings is 2. The molecule has 0 bridgehead atoms. The van der Waals surface area contributed by atoms with Crippen LogP contribution in [0.25, 0.3) is 0 Å². The molecule has 2 rings (SSSR count). The smallest absolute Gasteiger partial charge is 0.225 e. The van der Waals surface area contributed by atoms with Crippen LogP contribution in [0.1, 0.15) is 18.1 Å². The van der Waals surface area contributed by atoms with E-state index in [0.717, 1.165) is 11.1 Å². The summed E-state index contributed by atoms with van der Waals surface area (Å²) in [5.74, 6) is -0.0473. The number of halogens is 2. The van der Waals surface area contributed by atoms with Gasteiger partial charge in [0.2, 0.25) is 5.91 Å². The molecule has 1 unspecified atom stereocenters. The van der Waals surface area contributed by atoms with Gasteiger partial charge in [-0.15, -0.1) is 0 Å². The van der Waals surface area contributed by atoms with Crippen molar-refractivity contribution in [2.24, 2.45) is 0 Å². The molecule has 0 radical (unpaired) electrons. The average Bonchev–Trinajstić information content (AvgIpc) is 2.50. The molecule has 0 saturated heterocycles. The highest BCUT2D eigenvalue weighted by Gasteiger charge is 2.27. The van der Waals surface area contributed by atoms with Crippen LogP contribution in [0.3, 0.4) is 0 Å². The number of carbonyl (C=O) groups is 1. The predicted octanol–water partition coefficient (Wildman–Crippen LogP) is 4.31. The van der Waals surface area contributed by atoms with Gasteiger partial charge in [0, 0.05) is 10.4 Å². The molecule has 0 aliphatic rings. The first-order chi connectivity index (χ1) is 10.0. The van der Waals surface area contributed by atoms with Crippen molar-refractivity contribution >= 4 is 33.4 Å². The standard InChI is InChI=1S/C17H17BrClNO/c1-17(12-18,14-8-3-2-4-9-14)20-16(21)11-13-7-5-6-10-15(13)19/h2-10H,11-12H2,1H3,(H,20,21). The van der Waals surface area contributed by atoms with Crippen molar-refractivity contribution in [3.8, 4) is 0 Å². The van der Waals surface area contributed by atoms with E-state index >= 15 is 0 Å². The van der Waals surface area contributed by atoms with E-state index in [1.165, 1.54) is 0 Å². The number of amides is 1. The number of hydrogen-bond acceptors (Lipinski definition) is 1. The molecule has 0 heterocycles. The van der Waals surface area contributed by atoms with Crippen molar-refractivity contribution in [1.82, 2.24) is 5.32 Å². The second-order valence-corrected chi connectivity index (χ2v) is 6.12. The number of nitrogens with one attached hydrogen (secondary N) is 1. The minimum Gasteiger partial charge on any atom is -0.346 e. The number of hydrogen-bond donors (Lipinski definition) is 1. The van der Waals surface area contributed by atoms with Gasteiger partial charge in [0.25, 0.3) is 0 Å². The van der Waals surface area contributed by atoms with Crippen LogP contribution in [0, 0.1) is 0 Å². The fraction of sp³-hybridized carbons (Fsp3) is 0.235. The Morgan fingerprint density at radius 1 is 1.14 bits per heavy atom. The summed E-state index contributed by atoms with van der Waals surface area (Å²) in [7, 11) is 0. The average molecular weight is 367 g/mol. The second kappa shape index (κ2) is 7.10. The molecule has 2 aromatic carbocycles. The minimum atomic E-state index is -0.445. The lowest BCUT2D eigenvalue weighted by molar-refractivity contribution is -0.122. The topological polar surface area (TPSA) is 29.1 Å². The van der Waals surface area contributed by atoms with Crippen LogP contribution >= 0.6 is 27.5 Å². The second-order valence-electron chi connectivity index (χ2n) is 5.15. The summed E-state index contributed by atoms with van der Waals surface area (Å²) >= 11 is 9.60. The summed E-state index contributed by atoms with van der Waals surface area (Å²) < 4.78 is 0. The summed E-state index contributed by atoms with van der Waals surface area (Å²) in [4.78, 5) is 12.3. The molecule has 0 aliphatic heterocycles. The molecule has 0 aliphatic carbocycles. The van der Waals surface area contributed by atoms with Gasteiger partial charge in [-0.3, -0.25) is 4.79 Å². The molecule has 1 N–H and O–H groups in total. The van der Waals surface area contributed by atoms with Crippen molar-refractivity contribution in [3.05, 3.63) is 70.7 Å². The van der Waals surface area contributed by atoms with Gasteiger partial charge in [-0.05, 0) is 24.1 Å². The molecule has 0 saturated carbocycles. The van der Waals surface area contributed by atoms with E-state index in [1.54, 1.807) is 6.07 Å². The van der Waals surface area contributed by atoms with Gasteiger partial charge in [-0.1, -0.05) is 76.1 Å². The van der Waals surface area contributed by atoms with Crippen LogP contribution in [0.15, 0.2) is 54.6 Å². The van der Waals surface area contributed by atoms with Crippen LogP contribution in [-0.2, 0) is 16.8 Å². The Hall–Kier alpha value is -1.32. The molecule has 0 spiro atoms. The van der Waals surface area contributed by atoms with Gasteiger partial charge < -0.3 is 5.32 Å². The van der Waals surface area contributed by atoms with Gasteiger partial charge >= 0.3 is 0 Å². The predicted molar refractivity (Wildman–Crippen MR) is 90.9 cm³/mol. The third-order valence-electron chi connectivity index (χ3n) is 3.40. The summed E-state index contributed by atoms with van der Waals surface area (Å²) in [5.41, 5.74) is 1.45. The van der Waals surface area contributed by atoms with E-state index in [-0.39, 0.29) is 12.3 Å². The van der Waals surface area contributed by atoms with E-state index in [9.17, 15) is 4.79 Å².